The van der Waals surface area contributed by atoms with E-state index in [1.807, 2.05) is 0 Å². The van der Waals surface area contributed by atoms with Crippen molar-refractivity contribution in [3.63, 3.8) is 0 Å². The molecule has 0 radical (unpaired) electrons. The van der Waals surface area contributed by atoms with Gasteiger partial charge in [0.05, 0.1) is 42.9 Å². The molecule has 7 N–H and O–H groups in total. The maximum absolute atomic E-state index is 13.9. The molecule has 412 valence electrons. The zero-order valence-electron chi connectivity index (χ0n) is 42.9. The first kappa shape index (κ1) is 59.7. The fourth-order valence-corrected chi connectivity index (χ4v) is 9.46. The van der Waals surface area contributed by atoms with E-state index in [1.165, 1.54) is 13.8 Å². The third kappa shape index (κ3) is 15.7. The van der Waals surface area contributed by atoms with Crippen LogP contribution < -0.4 is 0 Å². The minimum absolute atomic E-state index is 0.0470. The zero-order chi connectivity index (χ0) is 52.1. The van der Waals surface area contributed by atoms with Gasteiger partial charge in [-0.3, -0.25) is 14.4 Å². The number of rotatable bonds is 15. The minimum atomic E-state index is -1.86. The Kier molecular flexibility index (Phi) is 24.1. The van der Waals surface area contributed by atoms with Gasteiger partial charge in [0.2, 0.25) is 0 Å². The third-order valence-electron chi connectivity index (χ3n) is 14.7. The Morgan fingerprint density at radius 1 is 0.577 bits per heavy atom. The van der Waals surface area contributed by atoms with Gasteiger partial charge in [0.1, 0.15) is 54.9 Å². The summed E-state index contributed by atoms with van der Waals surface area (Å²) in [7, 11) is 0. The lowest BCUT2D eigenvalue weighted by Gasteiger charge is -2.50. The van der Waals surface area contributed by atoms with E-state index in [-0.39, 0.29) is 12.5 Å². The van der Waals surface area contributed by atoms with Crippen molar-refractivity contribution >= 4 is 17.9 Å². The first-order valence-electron chi connectivity index (χ1n) is 26.4. The van der Waals surface area contributed by atoms with Gasteiger partial charge in [0.15, 0.2) is 49.6 Å². The lowest BCUT2D eigenvalue weighted by atomic mass is 9.95. The largest absolute Gasteiger partial charge is 0.456 e. The molecule has 5 saturated heterocycles. The van der Waals surface area contributed by atoms with E-state index >= 15 is 0 Å². The van der Waals surface area contributed by atoms with E-state index in [9.17, 15) is 50.1 Å². The summed E-state index contributed by atoms with van der Waals surface area (Å²) in [6.07, 6.45) is -20.8. The van der Waals surface area contributed by atoms with Crippen LogP contribution in [0, 0.1) is 11.8 Å². The number of hydrogen-bond acceptors (Lipinski definition) is 21. The summed E-state index contributed by atoms with van der Waals surface area (Å²) in [6.45, 7) is 12.6. The van der Waals surface area contributed by atoms with Gasteiger partial charge in [-0.05, 0) is 52.9 Å². The van der Waals surface area contributed by atoms with Crippen molar-refractivity contribution in [2.75, 3.05) is 6.61 Å². The second kappa shape index (κ2) is 28.6. The highest BCUT2D eigenvalue weighted by Crippen LogP contribution is 2.39. The van der Waals surface area contributed by atoms with Crippen LogP contribution in [0.25, 0.3) is 0 Å². The molecule has 5 aliphatic heterocycles. The number of aliphatic hydroxyl groups excluding tert-OH is 7. The van der Waals surface area contributed by atoms with E-state index in [2.05, 4.69) is 6.92 Å². The molecule has 5 fully saturated rings. The van der Waals surface area contributed by atoms with E-state index in [1.54, 1.807) is 34.6 Å². The number of aliphatic hydroxyl groups is 7. The molecule has 5 aliphatic rings. The maximum atomic E-state index is 13.9. The van der Waals surface area contributed by atoms with Gasteiger partial charge >= 0.3 is 17.9 Å². The third-order valence-corrected chi connectivity index (χ3v) is 14.7. The van der Waals surface area contributed by atoms with Crippen molar-refractivity contribution in [1.29, 1.82) is 0 Å². The van der Waals surface area contributed by atoms with Gasteiger partial charge in [0, 0.05) is 6.42 Å². The molecule has 71 heavy (non-hydrogen) atoms. The Morgan fingerprint density at radius 2 is 1.15 bits per heavy atom. The number of fused-ring (bicyclic) bond motifs is 3. The Hall–Kier alpha value is -2.19. The second-order valence-electron chi connectivity index (χ2n) is 20.2. The van der Waals surface area contributed by atoms with Gasteiger partial charge in [-0.25, -0.2) is 0 Å². The van der Waals surface area contributed by atoms with Crippen LogP contribution in [0.1, 0.15) is 152 Å². The van der Waals surface area contributed by atoms with Gasteiger partial charge in [-0.1, -0.05) is 92.4 Å². The number of unbranched alkanes of at least 4 members (excludes halogenated alkanes) is 2. The number of hydrogen-bond donors (Lipinski definition) is 7. The molecule has 0 spiro atoms. The van der Waals surface area contributed by atoms with Crippen LogP contribution in [-0.2, 0) is 66.5 Å². The van der Waals surface area contributed by atoms with Crippen LogP contribution in [0.3, 0.4) is 0 Å². The summed E-state index contributed by atoms with van der Waals surface area (Å²) in [5, 5.41) is 78.2. The Bertz CT molecular complexity index is 1610. The molecule has 21 nitrogen and oxygen atoms in total. The van der Waals surface area contributed by atoms with E-state index in [0.29, 0.717) is 32.1 Å². The minimum Gasteiger partial charge on any atom is -0.456 e. The van der Waals surface area contributed by atoms with Crippen LogP contribution in [-0.4, -0.2) is 189 Å². The first-order chi connectivity index (χ1) is 33.8. The van der Waals surface area contributed by atoms with Crippen molar-refractivity contribution in [3.05, 3.63) is 0 Å². The summed E-state index contributed by atoms with van der Waals surface area (Å²) in [6, 6.07) is 0. The molecular formula is C50H86O21. The fourth-order valence-electron chi connectivity index (χ4n) is 9.46. The topological polar surface area (TPSA) is 294 Å². The Labute approximate surface area is 418 Å². The Balaban J connectivity index is 1.63. The van der Waals surface area contributed by atoms with Crippen LogP contribution in [0.2, 0.25) is 0 Å². The molecule has 5 heterocycles. The summed E-state index contributed by atoms with van der Waals surface area (Å²) in [5.41, 5.74) is 0. The highest BCUT2D eigenvalue weighted by atomic mass is 16.8. The highest BCUT2D eigenvalue weighted by molar-refractivity contribution is 5.73. The van der Waals surface area contributed by atoms with E-state index < -0.39 is 159 Å². The molecule has 0 aliphatic carbocycles. The van der Waals surface area contributed by atoms with E-state index in [0.717, 1.165) is 57.8 Å². The molecule has 0 aromatic rings. The van der Waals surface area contributed by atoms with Crippen LogP contribution in [0.5, 0.6) is 0 Å². The molecule has 5 rings (SSSR count). The van der Waals surface area contributed by atoms with E-state index in [4.69, 9.17) is 52.1 Å². The molecule has 0 aromatic heterocycles. The average molecular weight is 1020 g/mol. The summed E-state index contributed by atoms with van der Waals surface area (Å²) in [4.78, 5) is 41.3. The van der Waals surface area contributed by atoms with Crippen molar-refractivity contribution in [3.8, 4) is 0 Å². The molecule has 23 atom stereocenters. The molecule has 21 heteroatoms. The molecule has 0 aromatic carbocycles. The summed E-state index contributed by atoms with van der Waals surface area (Å²) < 4.78 is 69.4. The smallest absolute Gasteiger partial charge is 0.309 e. The van der Waals surface area contributed by atoms with Crippen LogP contribution >= 0.6 is 0 Å². The molecule has 0 amide bonds. The number of esters is 3. The monoisotopic (exact) mass is 1020 g/mol. The number of ether oxygens (including phenoxy) is 11. The predicted octanol–water partition coefficient (Wildman–Crippen LogP) is 2.58. The van der Waals surface area contributed by atoms with Crippen molar-refractivity contribution in [2.45, 2.75) is 281 Å². The van der Waals surface area contributed by atoms with Crippen LogP contribution in [0.15, 0.2) is 0 Å². The lowest BCUT2D eigenvalue weighted by molar-refractivity contribution is -0.400. The fraction of sp³-hybridized carbons (Fsp3) is 0.940. The zero-order valence-corrected chi connectivity index (χ0v) is 42.9. The highest BCUT2D eigenvalue weighted by Gasteiger charge is 2.58. The molecule has 0 saturated carbocycles. The lowest BCUT2D eigenvalue weighted by Crippen LogP contribution is -2.68. The SMILES string of the molecule is CCCCC[C@@H]1CCCCCCCCCC(=O)O[C@H]2[C@H](O)[C@H](CO)O[C@H](O[C@H]3[C@H](O1)O[C@H](C)[C@@H](O)[C@@H]3O)[C@H]2O[C@@H]1O[C@H](C)[C@@H](OC(=O)[C@H](C)CC)[C@H](O[C@H]2O[C@@H](C)[C@H](O)[C@@H](O)[C@@H]2O)[C@H]1OC(=O)[C@H](C)CC. The van der Waals surface area contributed by atoms with Gasteiger partial charge in [-0.15, -0.1) is 0 Å². The van der Waals surface area contributed by atoms with Gasteiger partial charge in [0.25, 0.3) is 0 Å². The molecule has 0 unspecified atom stereocenters. The first-order valence-corrected chi connectivity index (χ1v) is 26.4. The van der Waals surface area contributed by atoms with Crippen molar-refractivity contribution in [2.24, 2.45) is 11.8 Å². The Morgan fingerprint density at radius 3 is 1.79 bits per heavy atom. The van der Waals surface area contributed by atoms with Gasteiger partial charge in [-0.2, -0.15) is 0 Å². The van der Waals surface area contributed by atoms with Crippen molar-refractivity contribution in [1.82, 2.24) is 0 Å². The summed E-state index contributed by atoms with van der Waals surface area (Å²) in [5.74, 6) is -3.52. The second-order valence-corrected chi connectivity index (χ2v) is 20.2. The van der Waals surface area contributed by atoms with Crippen molar-refractivity contribution < 1.29 is 102 Å². The summed E-state index contributed by atoms with van der Waals surface area (Å²) >= 11 is 0. The number of carbonyl (C=O) groups excluding carboxylic acids is 3. The van der Waals surface area contributed by atoms with Gasteiger partial charge < -0.3 is 87.9 Å². The predicted molar refractivity (Wildman–Crippen MR) is 249 cm³/mol. The quantitative estimate of drug-likeness (QED) is 0.0705. The van der Waals surface area contributed by atoms with Crippen LogP contribution in [0.4, 0.5) is 0 Å². The molecular weight excluding hydrogens is 937 g/mol. The number of carbonyl (C=O) groups is 3. The normalized spacial score (nSPS) is 42.2. The standard InChI is InChI=1S/C50H86O21/c1-9-12-18-21-30-22-19-16-14-13-15-17-20-23-32(52)66-40-35(55)31(24-51)65-50(69-41-37(57)34(54)28(7)62-48(41)64-30)43(40)71-49-44(68-46(60)26(5)11-3)42(39(29(8)63-49)67-45(59)25(4)10-2)70-47-38(58)36(56)33(53)27(6)61-47/h25-31,33-44,47-51,53-58H,9-24H2,1-8H3/t25-,26-,27+,28-,29-,30-,31+,33+,34-,35-,36-,37+,38+,39-,40+,41-,42+,43+,44-,47-,48+,49+,50-/m1/s1. The maximum Gasteiger partial charge on any atom is 0.309 e. The average Bonchev–Trinajstić information content (AvgIpc) is 3.34. The molecule has 2 bridgehead atoms.